The second-order valence-electron chi connectivity index (χ2n) is 5.14. The van der Waals surface area contributed by atoms with Gasteiger partial charge in [0.2, 0.25) is 0 Å². The van der Waals surface area contributed by atoms with Crippen LogP contribution in [0.1, 0.15) is 12.5 Å². The Morgan fingerprint density at radius 1 is 1.33 bits per heavy atom. The summed E-state index contributed by atoms with van der Waals surface area (Å²) in [5, 5.41) is 22.8. The molecule has 138 valence electrons. The molecule has 0 saturated carbocycles. The molecule has 0 radical (unpaired) electrons. The Morgan fingerprint density at radius 2 is 1.96 bits per heavy atom. The molecule has 2 rings (SSSR count). The maximum absolute atomic E-state index is 12.4. The number of para-hydroxylation sites is 2. The van der Waals surface area contributed by atoms with Crippen LogP contribution in [0.15, 0.2) is 42.0 Å². The Balaban J connectivity index is 2.33. The van der Waals surface area contributed by atoms with E-state index >= 15 is 0 Å². The Morgan fingerprint density at radius 3 is 2.52 bits per heavy atom. The smallest absolute Gasteiger partial charge is 0.292 e. The van der Waals surface area contributed by atoms with Crippen LogP contribution in [0, 0.1) is 28.6 Å². The van der Waals surface area contributed by atoms with Gasteiger partial charge >= 0.3 is 0 Å². The van der Waals surface area contributed by atoms with Gasteiger partial charge < -0.3 is 10.1 Å². The maximum atomic E-state index is 12.4. The summed E-state index contributed by atoms with van der Waals surface area (Å²) in [5.41, 5.74) is 0.281. The summed E-state index contributed by atoms with van der Waals surface area (Å²) in [6.45, 7) is 2.42. The highest BCUT2D eigenvalue weighted by Crippen LogP contribution is 2.30. The Bertz CT molecular complexity index is 944. The molecule has 0 atom stereocenters. The van der Waals surface area contributed by atoms with Gasteiger partial charge in [0.1, 0.15) is 23.1 Å². The van der Waals surface area contributed by atoms with Crippen LogP contribution in [0.2, 0.25) is 0 Å². The number of anilines is 1. The van der Waals surface area contributed by atoms with E-state index in [2.05, 4.69) is 50.5 Å². The number of nitro benzene ring substituents is 1. The van der Waals surface area contributed by atoms with Crippen LogP contribution in [0.4, 0.5) is 11.4 Å². The van der Waals surface area contributed by atoms with Crippen molar-refractivity contribution in [1.29, 1.82) is 5.26 Å². The third kappa shape index (κ3) is 5.39. The number of ether oxygens (including phenoxy) is 1. The molecule has 1 amide bonds. The average molecular weight is 589 g/mol. The number of rotatable bonds is 6. The van der Waals surface area contributed by atoms with Gasteiger partial charge in [-0.1, -0.05) is 12.1 Å². The van der Waals surface area contributed by atoms with Crippen molar-refractivity contribution in [1.82, 2.24) is 0 Å². The lowest BCUT2D eigenvalue weighted by Gasteiger charge is -2.10. The molecule has 9 heteroatoms. The Kier molecular flexibility index (Phi) is 7.55. The SMILES string of the molecule is CCOc1c(I)cc(/C=C(/C#N)C(=O)Nc2ccccc2[N+](=O)[O-])cc1I. The van der Waals surface area contributed by atoms with Crippen LogP contribution < -0.4 is 10.1 Å². The molecule has 1 N–H and O–H groups in total. The normalized spacial score (nSPS) is 10.8. The van der Waals surface area contributed by atoms with E-state index in [1.54, 1.807) is 18.2 Å². The average Bonchev–Trinajstić information content (AvgIpc) is 2.63. The first kappa shape index (κ1) is 21.1. The van der Waals surface area contributed by atoms with Gasteiger partial charge in [-0.3, -0.25) is 14.9 Å². The zero-order valence-corrected chi connectivity index (χ0v) is 18.3. The van der Waals surface area contributed by atoms with E-state index in [1.165, 1.54) is 24.3 Å². The van der Waals surface area contributed by atoms with Crippen molar-refractivity contribution in [2.24, 2.45) is 0 Å². The number of benzene rings is 2. The molecule has 0 aliphatic heterocycles. The van der Waals surface area contributed by atoms with Crippen molar-refractivity contribution in [2.75, 3.05) is 11.9 Å². The molecule has 7 nitrogen and oxygen atoms in total. The summed E-state index contributed by atoms with van der Waals surface area (Å²) < 4.78 is 7.27. The van der Waals surface area contributed by atoms with E-state index in [0.717, 1.165) is 12.9 Å². The summed E-state index contributed by atoms with van der Waals surface area (Å²) in [6, 6.07) is 11.2. The highest BCUT2D eigenvalue weighted by molar-refractivity contribution is 14.1. The predicted molar refractivity (Wildman–Crippen MR) is 118 cm³/mol. The summed E-state index contributed by atoms with van der Waals surface area (Å²) >= 11 is 4.25. The van der Waals surface area contributed by atoms with Gasteiger partial charge in [-0.05, 0) is 81.9 Å². The first-order valence-electron chi connectivity index (χ1n) is 7.65. The standard InChI is InChI=1S/C18H13I2N3O4/c1-2-27-17-13(19)8-11(9-14(17)20)7-12(10-21)18(24)22-15-5-3-4-6-16(15)23(25)26/h3-9H,2H2,1H3,(H,22,24)/b12-7-. The molecular formula is C18H13I2N3O4. The Labute approximate surface area is 182 Å². The quantitative estimate of drug-likeness (QED) is 0.172. The monoisotopic (exact) mass is 589 g/mol. The lowest BCUT2D eigenvalue weighted by molar-refractivity contribution is -0.383. The van der Waals surface area contributed by atoms with Gasteiger partial charge in [0.25, 0.3) is 11.6 Å². The molecule has 27 heavy (non-hydrogen) atoms. The second-order valence-corrected chi connectivity index (χ2v) is 7.47. The van der Waals surface area contributed by atoms with Crippen molar-refractivity contribution in [2.45, 2.75) is 6.92 Å². The van der Waals surface area contributed by atoms with Crippen molar-refractivity contribution < 1.29 is 14.5 Å². The molecule has 0 aliphatic carbocycles. The van der Waals surface area contributed by atoms with E-state index < -0.39 is 10.8 Å². The largest absolute Gasteiger partial charge is 0.492 e. The topological polar surface area (TPSA) is 105 Å². The van der Waals surface area contributed by atoms with Crippen LogP contribution in [-0.2, 0) is 4.79 Å². The minimum absolute atomic E-state index is 0.0319. The number of halogens is 2. The Hall–Kier alpha value is -2.20. The van der Waals surface area contributed by atoms with E-state index in [9.17, 15) is 20.2 Å². The van der Waals surface area contributed by atoms with Gasteiger partial charge in [0.15, 0.2) is 0 Å². The molecule has 0 fully saturated rings. The fourth-order valence-corrected chi connectivity index (χ4v) is 4.32. The van der Waals surface area contributed by atoms with Crippen LogP contribution in [-0.4, -0.2) is 17.4 Å². The third-order valence-electron chi connectivity index (χ3n) is 3.33. The maximum Gasteiger partial charge on any atom is 0.292 e. The minimum Gasteiger partial charge on any atom is -0.492 e. The third-order valence-corrected chi connectivity index (χ3v) is 4.94. The molecular weight excluding hydrogens is 576 g/mol. The van der Waals surface area contributed by atoms with Crippen molar-refractivity contribution >= 4 is 68.5 Å². The number of carbonyl (C=O) groups excluding carboxylic acids is 1. The predicted octanol–water partition coefficient (Wildman–Crippen LogP) is 4.75. The zero-order valence-electron chi connectivity index (χ0n) is 14.0. The summed E-state index contributed by atoms with van der Waals surface area (Å²) in [4.78, 5) is 22.9. The van der Waals surface area contributed by atoms with E-state index in [-0.39, 0.29) is 16.9 Å². The van der Waals surface area contributed by atoms with E-state index in [0.29, 0.717) is 12.2 Å². The van der Waals surface area contributed by atoms with Gasteiger partial charge in [-0.15, -0.1) is 0 Å². The molecule has 0 aromatic heterocycles. The van der Waals surface area contributed by atoms with Crippen molar-refractivity contribution in [3.63, 3.8) is 0 Å². The molecule has 0 spiro atoms. The second kappa shape index (κ2) is 9.65. The number of hydrogen-bond acceptors (Lipinski definition) is 5. The first-order valence-corrected chi connectivity index (χ1v) is 9.81. The number of nitrogens with zero attached hydrogens (tertiary/aromatic N) is 2. The fraction of sp³-hybridized carbons (Fsp3) is 0.111. The number of carbonyl (C=O) groups is 1. The van der Waals surface area contributed by atoms with Gasteiger partial charge in [-0.2, -0.15) is 5.26 Å². The molecule has 2 aromatic carbocycles. The number of nitro groups is 1. The van der Waals surface area contributed by atoms with E-state index in [4.69, 9.17) is 4.74 Å². The van der Waals surface area contributed by atoms with Crippen molar-refractivity contribution in [3.8, 4) is 11.8 Å². The molecule has 0 heterocycles. The van der Waals surface area contributed by atoms with Crippen LogP contribution >= 0.6 is 45.2 Å². The van der Waals surface area contributed by atoms with Crippen LogP contribution in [0.3, 0.4) is 0 Å². The van der Waals surface area contributed by atoms with Gasteiger partial charge in [0, 0.05) is 6.07 Å². The molecule has 0 aliphatic rings. The fourth-order valence-electron chi connectivity index (χ4n) is 2.19. The number of hydrogen-bond donors (Lipinski definition) is 1. The zero-order chi connectivity index (χ0) is 20.0. The summed E-state index contributed by atoms with van der Waals surface area (Å²) in [6.07, 6.45) is 1.43. The highest BCUT2D eigenvalue weighted by Gasteiger charge is 2.17. The first-order chi connectivity index (χ1) is 12.9. The van der Waals surface area contributed by atoms with Crippen LogP contribution in [0.25, 0.3) is 6.08 Å². The molecule has 0 unspecified atom stereocenters. The van der Waals surface area contributed by atoms with E-state index in [1.807, 2.05) is 13.0 Å². The van der Waals surface area contributed by atoms with Gasteiger partial charge in [-0.25, -0.2) is 0 Å². The molecule has 2 aromatic rings. The minimum atomic E-state index is -0.717. The summed E-state index contributed by atoms with van der Waals surface area (Å²) in [5.74, 6) is 0.0319. The number of amides is 1. The van der Waals surface area contributed by atoms with Crippen molar-refractivity contribution in [3.05, 3.63) is 64.8 Å². The lowest BCUT2D eigenvalue weighted by atomic mass is 10.1. The summed E-state index contributed by atoms with van der Waals surface area (Å²) in [7, 11) is 0. The van der Waals surface area contributed by atoms with Crippen LogP contribution in [0.5, 0.6) is 5.75 Å². The highest BCUT2D eigenvalue weighted by atomic mass is 127. The lowest BCUT2D eigenvalue weighted by Crippen LogP contribution is -2.14. The molecule has 0 saturated heterocycles. The molecule has 0 bridgehead atoms. The number of nitrogens with one attached hydrogen (secondary N) is 1. The number of nitriles is 1. The van der Waals surface area contributed by atoms with Gasteiger partial charge in [0.05, 0.1) is 18.7 Å².